The topological polar surface area (TPSA) is 152 Å². The summed E-state index contributed by atoms with van der Waals surface area (Å²) in [4.78, 5) is 29.8. The van der Waals surface area contributed by atoms with Crippen LogP contribution in [-0.2, 0) is 22.4 Å². The van der Waals surface area contributed by atoms with Crippen molar-refractivity contribution in [3.8, 4) is 22.6 Å². The first-order chi connectivity index (χ1) is 30.5. The maximum absolute atomic E-state index is 14.1. The van der Waals surface area contributed by atoms with Crippen molar-refractivity contribution in [1.29, 1.82) is 0 Å². The van der Waals surface area contributed by atoms with E-state index >= 15 is 0 Å². The van der Waals surface area contributed by atoms with Crippen LogP contribution >= 0.6 is 11.8 Å². The van der Waals surface area contributed by atoms with Gasteiger partial charge in [0, 0.05) is 66.4 Å². The smallest absolute Gasteiger partial charge is 0.418 e. The fraction of sp³-hybridized carbons (Fsp3) is 0.233. The molecule has 0 spiro atoms. The second kappa shape index (κ2) is 19.0. The number of rotatable bonds is 14. The first-order valence-electron chi connectivity index (χ1n) is 19.6. The highest BCUT2D eigenvalue weighted by atomic mass is 32.2. The number of sulfonamides is 1. The van der Waals surface area contributed by atoms with E-state index in [1.807, 2.05) is 43.3 Å². The first-order valence-corrected chi connectivity index (χ1v) is 22.0. The molecule has 7 rings (SSSR count). The molecule has 2 aromatic heterocycles. The van der Waals surface area contributed by atoms with Gasteiger partial charge in [-0.1, -0.05) is 30.3 Å². The van der Waals surface area contributed by atoms with Gasteiger partial charge in [0.15, 0.2) is 11.5 Å². The van der Waals surface area contributed by atoms with E-state index in [-0.39, 0.29) is 55.5 Å². The van der Waals surface area contributed by atoms with Gasteiger partial charge in [-0.15, -0.1) is 22.0 Å². The van der Waals surface area contributed by atoms with Gasteiger partial charge in [0.1, 0.15) is 5.75 Å². The molecule has 0 atom stereocenters. The van der Waals surface area contributed by atoms with Crippen LogP contribution in [0.5, 0.6) is 5.75 Å². The van der Waals surface area contributed by atoms with Crippen LogP contribution in [0.3, 0.4) is 0 Å². The van der Waals surface area contributed by atoms with Crippen molar-refractivity contribution >= 4 is 45.1 Å². The Hall–Kier alpha value is -6.61. The molecule has 0 unspecified atom stereocenters. The number of nitrogens with zero attached hydrogens (tertiary/aromatic N) is 6. The number of amides is 2. The molecule has 1 aliphatic heterocycles. The maximum atomic E-state index is 14.1. The average molecular weight is 925 g/mol. The van der Waals surface area contributed by atoms with Crippen LogP contribution in [0.4, 0.5) is 37.8 Å². The number of benzene rings is 4. The number of hydrogen-bond acceptors (Lipinski definition) is 11. The highest BCUT2D eigenvalue weighted by Gasteiger charge is 2.36. The Labute approximate surface area is 367 Å². The number of carbonyl (C=O) groups excluding carboxylic acids is 2. The van der Waals surface area contributed by atoms with E-state index in [1.54, 1.807) is 34.0 Å². The van der Waals surface area contributed by atoms with Crippen molar-refractivity contribution in [3.63, 3.8) is 0 Å². The Bertz CT molecular complexity index is 2730. The van der Waals surface area contributed by atoms with E-state index < -0.39 is 55.9 Å². The summed E-state index contributed by atoms with van der Waals surface area (Å²) in [5.41, 5.74) is -1.87. The van der Waals surface area contributed by atoms with Crippen molar-refractivity contribution in [2.45, 2.75) is 29.1 Å². The van der Waals surface area contributed by atoms with E-state index in [1.165, 1.54) is 45.7 Å². The molecule has 334 valence electrons. The Morgan fingerprint density at radius 3 is 2.27 bits per heavy atom. The van der Waals surface area contributed by atoms with Crippen LogP contribution in [0, 0.1) is 0 Å². The van der Waals surface area contributed by atoms with Crippen LogP contribution in [0.15, 0.2) is 125 Å². The van der Waals surface area contributed by atoms with E-state index in [2.05, 4.69) is 20.6 Å². The van der Waals surface area contributed by atoms with Crippen LogP contribution in [0.25, 0.3) is 16.8 Å². The number of thioether (sulfide) groups is 1. The molecule has 21 heteroatoms. The predicted octanol–water partition coefficient (Wildman–Crippen LogP) is 8.05. The lowest BCUT2D eigenvalue weighted by molar-refractivity contribution is -0.138. The van der Waals surface area contributed by atoms with Crippen molar-refractivity contribution in [3.05, 3.63) is 138 Å². The molecule has 2 N–H and O–H groups in total. The summed E-state index contributed by atoms with van der Waals surface area (Å²) >= 11 is 1.43. The minimum atomic E-state index is -4.92. The van der Waals surface area contributed by atoms with Crippen molar-refractivity contribution < 1.29 is 49.1 Å². The second-order valence-electron chi connectivity index (χ2n) is 14.2. The van der Waals surface area contributed by atoms with Crippen molar-refractivity contribution in [2.75, 3.05) is 55.3 Å². The molecular formula is C43H38F6N8O5S2. The number of anilines is 2. The van der Waals surface area contributed by atoms with Gasteiger partial charge in [-0.25, -0.2) is 17.8 Å². The summed E-state index contributed by atoms with van der Waals surface area (Å²) in [6, 6.07) is 24.3. The fourth-order valence-corrected chi connectivity index (χ4v) is 8.47. The summed E-state index contributed by atoms with van der Waals surface area (Å²) in [6.45, 7) is 2.95. The molecule has 1 aliphatic rings. The van der Waals surface area contributed by atoms with Crippen LogP contribution in [0.1, 0.15) is 38.9 Å². The quantitative estimate of drug-likeness (QED) is 0.0621. The molecule has 4 aromatic carbocycles. The molecular weight excluding hydrogens is 887 g/mol. The number of ether oxygens (including phenoxy) is 1. The number of nitrogens with one attached hydrogen (secondary N) is 2. The lowest BCUT2D eigenvalue weighted by Gasteiger charge is -2.35. The van der Waals surface area contributed by atoms with E-state index in [4.69, 9.17) is 4.74 Å². The lowest BCUT2D eigenvalue weighted by Crippen LogP contribution is -2.49. The molecule has 1 saturated heterocycles. The van der Waals surface area contributed by atoms with Crippen LogP contribution in [0.2, 0.25) is 0 Å². The van der Waals surface area contributed by atoms with E-state index in [0.29, 0.717) is 29.7 Å². The number of carbonyl (C=O) groups is 2. The molecule has 2 amide bonds. The summed E-state index contributed by atoms with van der Waals surface area (Å²) < 4.78 is 119. The molecule has 6 aromatic rings. The number of aromatic nitrogens is 4. The Balaban J connectivity index is 0.973. The molecule has 13 nitrogen and oxygen atoms in total. The zero-order valence-electron chi connectivity index (χ0n) is 33.7. The lowest BCUT2D eigenvalue weighted by atomic mass is 10.1. The Morgan fingerprint density at radius 2 is 1.58 bits per heavy atom. The van der Waals surface area contributed by atoms with Gasteiger partial charge in [-0.2, -0.15) is 31.4 Å². The van der Waals surface area contributed by atoms with Crippen LogP contribution in [-0.4, -0.2) is 90.2 Å². The zero-order valence-corrected chi connectivity index (χ0v) is 35.4. The van der Waals surface area contributed by atoms with Crippen molar-refractivity contribution in [2.24, 2.45) is 0 Å². The molecule has 0 saturated carbocycles. The zero-order chi connectivity index (χ0) is 45.6. The molecule has 0 radical (unpaired) electrons. The van der Waals surface area contributed by atoms with Gasteiger partial charge in [-0.05, 0) is 85.3 Å². The normalized spacial score (nSPS) is 13.4. The Morgan fingerprint density at radius 1 is 0.812 bits per heavy atom. The summed E-state index contributed by atoms with van der Waals surface area (Å²) in [5, 5.41) is 14.8. The highest BCUT2D eigenvalue weighted by Crippen LogP contribution is 2.37. The largest absolute Gasteiger partial charge is 0.494 e. The third-order valence-electron chi connectivity index (χ3n) is 9.85. The summed E-state index contributed by atoms with van der Waals surface area (Å²) in [7, 11) is -4.80. The van der Waals surface area contributed by atoms with E-state index in [9.17, 15) is 44.3 Å². The first kappa shape index (κ1) is 45.4. The van der Waals surface area contributed by atoms with Gasteiger partial charge in [0.05, 0.1) is 34.5 Å². The highest BCUT2D eigenvalue weighted by molar-refractivity contribution is 7.99. The van der Waals surface area contributed by atoms with Gasteiger partial charge in [0.2, 0.25) is 0 Å². The minimum Gasteiger partial charge on any atom is -0.494 e. The third kappa shape index (κ3) is 10.9. The van der Waals surface area contributed by atoms with E-state index in [0.717, 1.165) is 34.7 Å². The SMILES string of the molecule is CCOc1cccc(-c2cnn(-c3cc(C(=O)N4CCN(c5ccc(C(=O)NS(=O)(=O)c6ccc(NCCSc7ccccc7)c(C(F)(F)F)c6)nn5)CC4)cc(C(F)(F)F)c3)c2)c1. The number of alkyl halides is 6. The second-order valence-corrected chi connectivity index (χ2v) is 17.0. The Kier molecular flexibility index (Phi) is 13.5. The van der Waals surface area contributed by atoms with Gasteiger partial charge < -0.3 is 19.9 Å². The monoisotopic (exact) mass is 924 g/mol. The molecule has 64 heavy (non-hydrogen) atoms. The van der Waals surface area contributed by atoms with Crippen LogP contribution < -0.4 is 19.7 Å². The third-order valence-corrected chi connectivity index (χ3v) is 12.2. The number of hydrogen-bond donors (Lipinski definition) is 2. The number of halogens is 6. The molecule has 0 aliphatic carbocycles. The minimum absolute atomic E-state index is 0.0255. The number of piperazine rings is 1. The predicted molar refractivity (Wildman–Crippen MR) is 227 cm³/mol. The summed E-state index contributed by atoms with van der Waals surface area (Å²) in [5.74, 6) is -0.596. The standard InChI is InChI=1S/C43H38F6N8O5S2/c1-2-62-33-8-6-7-28(23-33)30-26-51-57(27-30)32-22-29(21-31(24-32)42(44,45)46)41(59)56-18-16-55(17-19-56)39-14-13-38(52-53-39)40(58)54-64(60,61)35-11-12-37(36(25-35)43(47,48)49)50-15-20-63-34-9-4-3-5-10-34/h3-14,21-27,50H,2,15-20H2,1H3,(H,54,58). The van der Waals surface area contributed by atoms with Gasteiger partial charge >= 0.3 is 12.4 Å². The summed E-state index contributed by atoms with van der Waals surface area (Å²) in [6.07, 6.45) is -6.63. The molecule has 0 bridgehead atoms. The molecule has 3 heterocycles. The maximum Gasteiger partial charge on any atom is 0.418 e. The molecule has 1 fully saturated rings. The fourth-order valence-electron chi connectivity index (χ4n) is 6.70. The van der Waals surface area contributed by atoms with Crippen molar-refractivity contribution in [1.82, 2.24) is 29.6 Å². The average Bonchev–Trinajstić information content (AvgIpc) is 3.78. The van der Waals surface area contributed by atoms with Gasteiger partial charge in [-0.3, -0.25) is 9.59 Å². The van der Waals surface area contributed by atoms with Gasteiger partial charge in [0.25, 0.3) is 21.8 Å².